The third kappa shape index (κ3) is 3.81. The monoisotopic (exact) mass is 368 g/mol. The van der Waals surface area contributed by atoms with Crippen LogP contribution in [0.15, 0.2) is 40.2 Å². The number of aromatic nitrogens is 3. The van der Waals surface area contributed by atoms with Crippen molar-refractivity contribution in [2.45, 2.75) is 25.3 Å². The van der Waals surface area contributed by atoms with Gasteiger partial charge in [-0.25, -0.2) is 0 Å². The Morgan fingerprint density at radius 1 is 1.41 bits per heavy atom. The van der Waals surface area contributed by atoms with Gasteiger partial charge in [-0.15, -0.1) is 0 Å². The van der Waals surface area contributed by atoms with Crippen molar-refractivity contribution in [1.82, 2.24) is 19.9 Å². The van der Waals surface area contributed by atoms with Crippen LogP contribution in [0.2, 0.25) is 0 Å². The summed E-state index contributed by atoms with van der Waals surface area (Å²) in [5.41, 5.74) is 5.71. The highest BCUT2D eigenvalue weighted by atomic mass is 16.5. The maximum Gasteiger partial charge on any atom is 0.302 e. The number of fused-ring (bicyclic) bond motifs is 1. The van der Waals surface area contributed by atoms with E-state index in [-0.39, 0.29) is 35.2 Å². The van der Waals surface area contributed by atoms with E-state index in [9.17, 15) is 9.59 Å². The van der Waals surface area contributed by atoms with Gasteiger partial charge in [-0.2, -0.15) is 4.98 Å². The molecule has 2 aromatic rings. The molecule has 9 heteroatoms. The van der Waals surface area contributed by atoms with Gasteiger partial charge in [0.15, 0.2) is 5.76 Å². The molecular formula is C18H20N6O3. The summed E-state index contributed by atoms with van der Waals surface area (Å²) >= 11 is 0. The van der Waals surface area contributed by atoms with Crippen molar-refractivity contribution >= 4 is 23.0 Å². The second-order valence-electron chi connectivity index (χ2n) is 6.71. The highest BCUT2D eigenvalue weighted by molar-refractivity contribution is 5.81. The molecule has 1 saturated heterocycles. The van der Waals surface area contributed by atoms with Gasteiger partial charge in [-0.1, -0.05) is 0 Å². The lowest BCUT2D eigenvalue weighted by molar-refractivity contribution is -0.131. The van der Waals surface area contributed by atoms with E-state index in [4.69, 9.17) is 10.5 Å². The Bertz CT molecular complexity index is 978. The van der Waals surface area contributed by atoms with Crippen molar-refractivity contribution in [3.8, 4) is 6.01 Å². The van der Waals surface area contributed by atoms with Crippen LogP contribution in [0.1, 0.15) is 19.3 Å². The molecule has 1 atom stereocenters. The Morgan fingerprint density at radius 3 is 3.04 bits per heavy atom. The average Bonchev–Trinajstić information content (AvgIpc) is 3.42. The molecule has 2 fully saturated rings. The summed E-state index contributed by atoms with van der Waals surface area (Å²) in [5, 5.41) is 0.427. The summed E-state index contributed by atoms with van der Waals surface area (Å²) in [6, 6.07) is 1.61. The number of carbonyl (C=O) groups is 1. The molecule has 27 heavy (non-hydrogen) atoms. The highest BCUT2D eigenvalue weighted by Gasteiger charge is 2.36. The summed E-state index contributed by atoms with van der Waals surface area (Å²) in [7, 11) is 0. The lowest BCUT2D eigenvalue weighted by atomic mass is 10.3. The molecule has 3 N–H and O–H groups in total. The quantitative estimate of drug-likeness (QED) is 0.587. The molecule has 2 aliphatic rings. The van der Waals surface area contributed by atoms with Crippen LogP contribution in [0.3, 0.4) is 0 Å². The van der Waals surface area contributed by atoms with Crippen LogP contribution < -0.4 is 16.0 Å². The van der Waals surface area contributed by atoms with Gasteiger partial charge in [-0.05, 0) is 25.3 Å². The average molecular weight is 368 g/mol. The number of pyridine rings is 1. The first-order valence-corrected chi connectivity index (χ1v) is 8.90. The maximum absolute atomic E-state index is 12.1. The third-order valence-electron chi connectivity index (χ3n) is 4.68. The molecular weight excluding hydrogens is 348 g/mol. The third-order valence-corrected chi connectivity index (χ3v) is 4.68. The lowest BCUT2D eigenvalue weighted by Crippen LogP contribution is -2.30. The molecule has 2 aromatic heterocycles. The summed E-state index contributed by atoms with van der Waals surface area (Å²) in [6.45, 7) is 1.34. The van der Waals surface area contributed by atoms with Crippen molar-refractivity contribution in [3.63, 3.8) is 0 Å². The number of nitrogens with zero attached hydrogens (tertiary/aromatic N) is 4. The van der Waals surface area contributed by atoms with E-state index in [0.717, 1.165) is 25.8 Å². The molecule has 0 aromatic carbocycles. The Labute approximate surface area is 155 Å². The SMILES string of the molecule is NC=C(C=N[C@H]1CCN(C(=O)C2CC2)C1)Oc1nc2cnccc2c(=O)[nH]1. The molecule has 0 bridgehead atoms. The molecule has 0 unspecified atom stereocenters. The normalized spacial score (nSPS) is 20.5. The van der Waals surface area contributed by atoms with Crippen LogP contribution in [0, 0.1) is 5.92 Å². The molecule has 4 rings (SSSR count). The predicted molar refractivity (Wildman–Crippen MR) is 99.3 cm³/mol. The smallest absolute Gasteiger partial charge is 0.302 e. The van der Waals surface area contributed by atoms with Gasteiger partial charge in [0.1, 0.15) is 0 Å². The number of ether oxygens (including phenoxy) is 1. The molecule has 1 aliphatic heterocycles. The number of H-pyrrole nitrogens is 1. The fraction of sp³-hybridized carbons (Fsp3) is 0.389. The van der Waals surface area contributed by atoms with Crippen LogP contribution in [0.25, 0.3) is 10.9 Å². The van der Waals surface area contributed by atoms with Crippen molar-refractivity contribution in [2.24, 2.45) is 16.6 Å². The lowest BCUT2D eigenvalue weighted by Gasteiger charge is -2.14. The zero-order chi connectivity index (χ0) is 18.8. The van der Waals surface area contributed by atoms with Crippen LogP contribution in [-0.4, -0.2) is 51.1 Å². The van der Waals surface area contributed by atoms with E-state index in [1.807, 2.05) is 4.90 Å². The molecule has 1 amide bonds. The topological polar surface area (TPSA) is 127 Å². The standard InChI is InChI=1S/C18H20N6O3/c19-7-13(8-21-12-4-6-24(10-12)17(26)11-1-2-11)27-18-22-15-9-20-5-3-14(15)16(25)23-18/h3,5,7-9,11-12H,1-2,4,6,10,19H2,(H,22,23,25)/t12-/m0/s1. The second-order valence-corrected chi connectivity index (χ2v) is 6.71. The Hall–Kier alpha value is -3.23. The van der Waals surface area contributed by atoms with Crippen molar-refractivity contribution in [1.29, 1.82) is 0 Å². The minimum Gasteiger partial charge on any atom is -0.422 e. The number of hydrogen-bond acceptors (Lipinski definition) is 7. The molecule has 0 spiro atoms. The van der Waals surface area contributed by atoms with E-state index in [1.165, 1.54) is 24.8 Å². The Kier molecular flexibility index (Phi) is 4.57. The zero-order valence-electron chi connectivity index (χ0n) is 14.7. The molecule has 140 valence electrons. The summed E-state index contributed by atoms with van der Waals surface area (Å²) in [5.74, 6) is 0.722. The largest absolute Gasteiger partial charge is 0.422 e. The number of likely N-dealkylation sites (tertiary alicyclic amines) is 1. The van der Waals surface area contributed by atoms with Crippen LogP contribution in [0.4, 0.5) is 0 Å². The fourth-order valence-electron chi connectivity index (χ4n) is 3.06. The Morgan fingerprint density at radius 2 is 2.26 bits per heavy atom. The van der Waals surface area contributed by atoms with Gasteiger partial charge in [0.05, 0.1) is 29.4 Å². The van der Waals surface area contributed by atoms with Gasteiger partial charge in [-0.3, -0.25) is 24.5 Å². The zero-order valence-corrected chi connectivity index (χ0v) is 14.7. The first kappa shape index (κ1) is 17.2. The molecule has 1 saturated carbocycles. The minimum atomic E-state index is -0.323. The van der Waals surface area contributed by atoms with Crippen LogP contribution >= 0.6 is 0 Å². The Balaban J connectivity index is 1.42. The highest BCUT2D eigenvalue weighted by Crippen LogP contribution is 2.32. The summed E-state index contributed by atoms with van der Waals surface area (Å²) < 4.78 is 5.55. The number of carbonyl (C=O) groups excluding carboxylic acids is 1. The number of nitrogens with one attached hydrogen (secondary N) is 1. The summed E-state index contributed by atoms with van der Waals surface area (Å²) in [6.07, 6.45) is 8.58. The number of allylic oxidation sites excluding steroid dienone is 1. The fourth-order valence-corrected chi connectivity index (χ4v) is 3.06. The van der Waals surface area contributed by atoms with Crippen molar-refractivity contribution in [2.75, 3.05) is 13.1 Å². The van der Waals surface area contributed by atoms with Gasteiger partial charge >= 0.3 is 6.01 Å². The van der Waals surface area contributed by atoms with Crippen molar-refractivity contribution < 1.29 is 9.53 Å². The number of aromatic amines is 1. The first-order chi connectivity index (χ1) is 13.1. The number of rotatable bonds is 5. The van der Waals surface area contributed by atoms with E-state index in [2.05, 4.69) is 19.9 Å². The van der Waals surface area contributed by atoms with Gasteiger partial charge < -0.3 is 15.4 Å². The van der Waals surface area contributed by atoms with Crippen LogP contribution in [0.5, 0.6) is 6.01 Å². The maximum atomic E-state index is 12.1. The molecule has 1 aliphatic carbocycles. The number of aliphatic imine (C=N–C) groups is 1. The first-order valence-electron chi connectivity index (χ1n) is 8.90. The number of amides is 1. The molecule has 9 nitrogen and oxygen atoms in total. The van der Waals surface area contributed by atoms with Gasteiger partial charge in [0.25, 0.3) is 5.56 Å². The van der Waals surface area contributed by atoms with Crippen LogP contribution in [-0.2, 0) is 4.79 Å². The second kappa shape index (κ2) is 7.18. The van der Waals surface area contributed by atoms with Gasteiger partial charge in [0, 0.05) is 31.4 Å². The number of hydrogen-bond donors (Lipinski definition) is 2. The molecule has 0 radical (unpaired) electrons. The number of nitrogens with two attached hydrogens (primary N) is 1. The van der Waals surface area contributed by atoms with Crippen molar-refractivity contribution in [3.05, 3.63) is 40.8 Å². The van der Waals surface area contributed by atoms with E-state index in [1.54, 1.807) is 6.07 Å². The van der Waals surface area contributed by atoms with E-state index < -0.39 is 0 Å². The van der Waals surface area contributed by atoms with E-state index in [0.29, 0.717) is 17.4 Å². The van der Waals surface area contributed by atoms with E-state index >= 15 is 0 Å². The summed E-state index contributed by atoms with van der Waals surface area (Å²) in [4.78, 5) is 41.2. The minimum absolute atomic E-state index is 0.0130. The van der Waals surface area contributed by atoms with Gasteiger partial charge in [0.2, 0.25) is 5.91 Å². The predicted octanol–water partition coefficient (Wildman–Crippen LogP) is 0.579. The molecule has 3 heterocycles.